The van der Waals surface area contributed by atoms with Crippen LogP contribution < -0.4 is 9.47 Å². The molecule has 0 radical (unpaired) electrons. The van der Waals surface area contributed by atoms with E-state index in [0.29, 0.717) is 0 Å². The molecule has 0 unspecified atom stereocenters. The number of benzene rings is 3. The van der Waals surface area contributed by atoms with Crippen LogP contribution in [0.15, 0.2) is 66.7 Å². The summed E-state index contributed by atoms with van der Waals surface area (Å²) in [6.07, 6.45) is 1.84. The van der Waals surface area contributed by atoms with Gasteiger partial charge in [-0.1, -0.05) is 48.5 Å². The highest BCUT2D eigenvalue weighted by atomic mass is 16.5. The minimum Gasteiger partial charge on any atom is -0.497 e. The van der Waals surface area contributed by atoms with E-state index in [2.05, 4.69) is 43.3 Å². The highest BCUT2D eigenvalue weighted by molar-refractivity contribution is 5.72. The minimum absolute atomic E-state index is 0.0826. The number of methoxy groups -OCH3 is 2. The summed E-state index contributed by atoms with van der Waals surface area (Å²) >= 11 is 0. The third kappa shape index (κ3) is 3.93. The number of nitrogens with zero attached hydrogens (tertiary/aromatic N) is 1. The van der Waals surface area contributed by atoms with Gasteiger partial charge in [-0.2, -0.15) is 0 Å². The second-order valence-corrected chi connectivity index (χ2v) is 8.57. The first-order chi connectivity index (χ1) is 15.0. The molecule has 4 rings (SSSR count). The van der Waals surface area contributed by atoms with E-state index in [4.69, 9.17) is 9.47 Å². The Hall–Kier alpha value is -2.82. The molecule has 0 heterocycles. The quantitative estimate of drug-likeness (QED) is 0.630. The lowest BCUT2D eigenvalue weighted by Crippen LogP contribution is -2.45. The third-order valence-electron chi connectivity index (χ3n) is 6.38. The van der Waals surface area contributed by atoms with E-state index >= 15 is 0 Å². The molecule has 0 spiro atoms. The van der Waals surface area contributed by atoms with Crippen molar-refractivity contribution >= 4 is 0 Å². The van der Waals surface area contributed by atoms with Crippen LogP contribution in [0.4, 0.5) is 0 Å². The largest absolute Gasteiger partial charge is 0.497 e. The molecule has 0 saturated carbocycles. The Morgan fingerprint density at radius 1 is 0.968 bits per heavy atom. The van der Waals surface area contributed by atoms with Gasteiger partial charge >= 0.3 is 0 Å². The van der Waals surface area contributed by atoms with Crippen LogP contribution in [0.3, 0.4) is 0 Å². The standard InChI is InChI=1S/C27H31NO3/c1-28(2)18-22-14-12-20-16-19(24-10-5-6-11-26(24)31-4)13-15-25(20)27(22,29)21-8-7-9-23(17-21)30-3/h5-11,13,15-17,22,29H,12,14,18H2,1-4H3/t22-,27+/m1/s1. The zero-order valence-electron chi connectivity index (χ0n) is 18.8. The van der Waals surface area contributed by atoms with Crippen LogP contribution in [0, 0.1) is 5.92 Å². The Bertz CT molecular complexity index is 1060. The summed E-state index contributed by atoms with van der Waals surface area (Å²) < 4.78 is 11.0. The number of rotatable bonds is 6. The normalized spacial score (nSPS) is 20.4. The van der Waals surface area contributed by atoms with Gasteiger partial charge in [0, 0.05) is 18.0 Å². The van der Waals surface area contributed by atoms with E-state index in [-0.39, 0.29) is 5.92 Å². The van der Waals surface area contributed by atoms with Crippen LogP contribution in [-0.4, -0.2) is 44.9 Å². The van der Waals surface area contributed by atoms with E-state index in [0.717, 1.165) is 53.1 Å². The predicted octanol–water partition coefficient (Wildman–Crippen LogP) is 4.73. The SMILES string of the molecule is COc1cccc([C@@]2(O)c3ccc(-c4ccccc4OC)cc3CC[C@@H]2CN(C)C)c1. The molecule has 31 heavy (non-hydrogen) atoms. The summed E-state index contributed by atoms with van der Waals surface area (Å²) in [5, 5.41) is 12.3. The molecule has 1 N–H and O–H groups in total. The Morgan fingerprint density at radius 3 is 2.52 bits per heavy atom. The van der Waals surface area contributed by atoms with Crippen LogP contribution in [0.25, 0.3) is 11.1 Å². The lowest BCUT2D eigenvalue weighted by Gasteiger charge is -2.43. The van der Waals surface area contributed by atoms with Crippen LogP contribution in [-0.2, 0) is 12.0 Å². The first-order valence-corrected chi connectivity index (χ1v) is 10.8. The number of aryl methyl sites for hydroxylation is 1. The molecule has 3 aromatic rings. The summed E-state index contributed by atoms with van der Waals surface area (Å²) in [4.78, 5) is 2.16. The molecule has 0 aliphatic heterocycles. The molecular weight excluding hydrogens is 386 g/mol. The summed E-state index contributed by atoms with van der Waals surface area (Å²) in [5.41, 5.74) is 4.14. The van der Waals surface area contributed by atoms with Gasteiger partial charge in [-0.3, -0.25) is 0 Å². The molecule has 1 aliphatic carbocycles. The van der Waals surface area contributed by atoms with E-state index in [1.807, 2.05) is 42.5 Å². The summed E-state index contributed by atoms with van der Waals surface area (Å²) in [5.74, 6) is 1.69. The number of hydrogen-bond acceptors (Lipinski definition) is 4. The smallest absolute Gasteiger partial charge is 0.126 e. The van der Waals surface area contributed by atoms with Crippen LogP contribution in [0.5, 0.6) is 11.5 Å². The second kappa shape index (κ2) is 8.74. The van der Waals surface area contributed by atoms with Crippen molar-refractivity contribution in [1.82, 2.24) is 4.90 Å². The monoisotopic (exact) mass is 417 g/mol. The number of aliphatic hydroxyl groups is 1. The van der Waals surface area contributed by atoms with Gasteiger partial charge in [-0.15, -0.1) is 0 Å². The van der Waals surface area contributed by atoms with Gasteiger partial charge in [-0.05, 0) is 67.4 Å². The molecule has 0 fully saturated rings. The van der Waals surface area contributed by atoms with Crippen molar-refractivity contribution in [3.05, 3.63) is 83.4 Å². The molecule has 1 aliphatic rings. The Kier molecular flexibility index (Phi) is 6.03. The van der Waals surface area contributed by atoms with Gasteiger partial charge in [0.15, 0.2) is 0 Å². The highest BCUT2D eigenvalue weighted by Crippen LogP contribution is 2.46. The van der Waals surface area contributed by atoms with Gasteiger partial charge < -0.3 is 19.5 Å². The molecule has 3 aromatic carbocycles. The fourth-order valence-corrected chi connectivity index (χ4v) is 4.90. The van der Waals surface area contributed by atoms with Crippen molar-refractivity contribution in [3.63, 3.8) is 0 Å². The van der Waals surface area contributed by atoms with E-state index in [1.165, 1.54) is 5.56 Å². The Morgan fingerprint density at radius 2 is 1.77 bits per heavy atom. The maximum absolute atomic E-state index is 12.3. The topological polar surface area (TPSA) is 41.9 Å². The first-order valence-electron chi connectivity index (χ1n) is 10.8. The van der Waals surface area contributed by atoms with Crippen molar-refractivity contribution in [2.24, 2.45) is 5.92 Å². The predicted molar refractivity (Wildman–Crippen MR) is 125 cm³/mol. The van der Waals surface area contributed by atoms with Crippen molar-refractivity contribution in [1.29, 1.82) is 0 Å². The maximum Gasteiger partial charge on any atom is 0.126 e. The summed E-state index contributed by atoms with van der Waals surface area (Å²) in [6.45, 7) is 0.807. The number of fused-ring (bicyclic) bond motifs is 1. The van der Waals surface area contributed by atoms with Crippen LogP contribution in [0.2, 0.25) is 0 Å². The molecular formula is C27H31NO3. The van der Waals surface area contributed by atoms with Gasteiger partial charge in [0.2, 0.25) is 0 Å². The van der Waals surface area contributed by atoms with Crippen LogP contribution in [0.1, 0.15) is 23.1 Å². The summed E-state index contributed by atoms with van der Waals surface area (Å²) in [6, 6.07) is 22.3. The number of para-hydroxylation sites is 1. The fourth-order valence-electron chi connectivity index (χ4n) is 4.90. The second-order valence-electron chi connectivity index (χ2n) is 8.57. The highest BCUT2D eigenvalue weighted by Gasteiger charge is 2.44. The number of ether oxygens (including phenoxy) is 2. The van der Waals surface area contributed by atoms with Gasteiger partial charge in [0.1, 0.15) is 17.1 Å². The fraction of sp³-hybridized carbons (Fsp3) is 0.333. The zero-order chi connectivity index (χ0) is 22.0. The van der Waals surface area contributed by atoms with Gasteiger partial charge in [0.25, 0.3) is 0 Å². The number of hydrogen-bond donors (Lipinski definition) is 1. The Labute approximate surface area is 185 Å². The van der Waals surface area contributed by atoms with Crippen molar-refractivity contribution in [2.45, 2.75) is 18.4 Å². The third-order valence-corrected chi connectivity index (χ3v) is 6.38. The molecule has 2 atom stereocenters. The van der Waals surface area contributed by atoms with Crippen molar-refractivity contribution in [2.75, 3.05) is 34.9 Å². The van der Waals surface area contributed by atoms with Crippen molar-refractivity contribution in [3.8, 4) is 22.6 Å². The lowest BCUT2D eigenvalue weighted by molar-refractivity contribution is -0.00649. The van der Waals surface area contributed by atoms with Gasteiger partial charge in [-0.25, -0.2) is 0 Å². The average Bonchev–Trinajstić information content (AvgIpc) is 2.80. The van der Waals surface area contributed by atoms with E-state index in [9.17, 15) is 5.11 Å². The van der Waals surface area contributed by atoms with E-state index in [1.54, 1.807) is 14.2 Å². The average molecular weight is 418 g/mol. The van der Waals surface area contributed by atoms with Crippen LogP contribution >= 0.6 is 0 Å². The molecule has 4 heteroatoms. The zero-order valence-corrected chi connectivity index (χ0v) is 18.8. The summed E-state index contributed by atoms with van der Waals surface area (Å²) in [7, 11) is 7.48. The van der Waals surface area contributed by atoms with Gasteiger partial charge in [0.05, 0.1) is 14.2 Å². The molecule has 0 saturated heterocycles. The van der Waals surface area contributed by atoms with Crippen molar-refractivity contribution < 1.29 is 14.6 Å². The Balaban J connectivity index is 1.85. The lowest BCUT2D eigenvalue weighted by atomic mass is 9.67. The molecule has 0 amide bonds. The first kappa shape index (κ1) is 21.4. The van der Waals surface area contributed by atoms with E-state index < -0.39 is 5.60 Å². The molecule has 4 nitrogen and oxygen atoms in total. The molecule has 162 valence electrons. The maximum atomic E-state index is 12.3. The molecule has 0 aromatic heterocycles. The molecule has 0 bridgehead atoms. The minimum atomic E-state index is -1.08.